The van der Waals surface area contributed by atoms with Crippen molar-refractivity contribution in [2.45, 2.75) is 109 Å². The van der Waals surface area contributed by atoms with Crippen LogP contribution in [0.2, 0.25) is 0 Å². The lowest BCUT2D eigenvalue weighted by molar-refractivity contribution is -0.188. The van der Waals surface area contributed by atoms with Crippen LogP contribution in [0.1, 0.15) is 114 Å². The Hall–Kier alpha value is -1.97. The minimum absolute atomic E-state index is 0.128. The molecular formula is C30H39F3O. The van der Waals surface area contributed by atoms with E-state index in [-0.39, 0.29) is 11.3 Å². The van der Waals surface area contributed by atoms with Crippen LogP contribution < -0.4 is 4.74 Å². The van der Waals surface area contributed by atoms with Crippen molar-refractivity contribution < 1.29 is 17.9 Å². The Morgan fingerprint density at radius 1 is 0.853 bits per heavy atom. The molecule has 2 aliphatic rings. The van der Waals surface area contributed by atoms with E-state index in [1.807, 2.05) is 13.0 Å². The lowest BCUT2D eigenvalue weighted by atomic mass is 9.76. The zero-order valence-corrected chi connectivity index (χ0v) is 20.8. The number of hydrogen-bond donors (Lipinski definition) is 0. The highest BCUT2D eigenvalue weighted by Crippen LogP contribution is 2.50. The summed E-state index contributed by atoms with van der Waals surface area (Å²) in [6.45, 7) is 4.27. The lowest BCUT2D eigenvalue weighted by Gasteiger charge is -2.32. The number of ether oxygens (including phenoxy) is 1. The fourth-order valence-electron chi connectivity index (χ4n) is 5.76. The van der Waals surface area contributed by atoms with Gasteiger partial charge in [0.1, 0.15) is 0 Å². The molecular weight excluding hydrogens is 433 g/mol. The quantitative estimate of drug-likeness (QED) is 0.313. The van der Waals surface area contributed by atoms with Crippen molar-refractivity contribution in [1.82, 2.24) is 0 Å². The molecule has 0 atom stereocenters. The summed E-state index contributed by atoms with van der Waals surface area (Å²) in [5.74, 6) is 0.135. The van der Waals surface area contributed by atoms with Crippen LogP contribution in [0, 0.1) is 11.7 Å². The first kappa shape index (κ1) is 25.1. The van der Waals surface area contributed by atoms with Crippen molar-refractivity contribution in [3.8, 4) is 16.9 Å². The first-order valence-electron chi connectivity index (χ1n) is 13.5. The third-order valence-corrected chi connectivity index (χ3v) is 7.89. The molecule has 0 bridgehead atoms. The second kappa shape index (κ2) is 11.2. The second-order valence-electron chi connectivity index (χ2n) is 10.4. The van der Waals surface area contributed by atoms with Crippen molar-refractivity contribution in [2.24, 2.45) is 5.92 Å². The molecule has 1 heterocycles. The standard InChI is InChI=1S/C30H39F3O/c1-3-5-7-8-9-10-21-12-14-22(15-13-21)24-17-18-25-26-19-16-23(11-6-4-2)28(31)29(26)34-30(32,33)27(25)20-24/h16-22H,3-15H2,1-2H3. The molecule has 0 saturated heterocycles. The SMILES string of the molecule is CCCCCCCC1CCC(c2ccc3c(c2)C(F)(F)Oc2c-3ccc(CCCC)c2F)CC1. The van der Waals surface area contributed by atoms with Gasteiger partial charge in [0, 0.05) is 5.56 Å². The molecule has 186 valence electrons. The Labute approximate surface area is 203 Å². The van der Waals surface area contributed by atoms with Gasteiger partial charge >= 0.3 is 6.11 Å². The second-order valence-corrected chi connectivity index (χ2v) is 10.4. The van der Waals surface area contributed by atoms with Crippen LogP contribution in [0.3, 0.4) is 0 Å². The molecule has 0 aromatic heterocycles. The molecule has 1 fully saturated rings. The summed E-state index contributed by atoms with van der Waals surface area (Å²) in [6.07, 6.45) is 11.1. The average molecular weight is 473 g/mol. The minimum atomic E-state index is -3.53. The summed E-state index contributed by atoms with van der Waals surface area (Å²) < 4.78 is 50.2. The van der Waals surface area contributed by atoms with Gasteiger partial charge in [-0.1, -0.05) is 83.1 Å². The Balaban J connectivity index is 1.47. The topological polar surface area (TPSA) is 9.23 Å². The van der Waals surface area contributed by atoms with Gasteiger partial charge in [0.2, 0.25) is 0 Å². The molecule has 0 spiro atoms. The van der Waals surface area contributed by atoms with E-state index < -0.39 is 11.9 Å². The van der Waals surface area contributed by atoms with E-state index >= 15 is 13.2 Å². The maximum Gasteiger partial charge on any atom is 0.427 e. The van der Waals surface area contributed by atoms with Crippen LogP contribution >= 0.6 is 0 Å². The summed E-state index contributed by atoms with van der Waals surface area (Å²) in [6, 6.07) is 8.81. The molecule has 0 N–H and O–H groups in total. The molecule has 1 nitrogen and oxygen atoms in total. The van der Waals surface area contributed by atoms with Gasteiger partial charge in [-0.2, -0.15) is 8.78 Å². The maximum absolute atomic E-state index is 15.1. The Morgan fingerprint density at radius 2 is 1.56 bits per heavy atom. The van der Waals surface area contributed by atoms with Gasteiger partial charge in [0.15, 0.2) is 11.6 Å². The maximum atomic E-state index is 15.1. The zero-order chi connectivity index (χ0) is 24.1. The van der Waals surface area contributed by atoms with E-state index in [1.54, 1.807) is 24.3 Å². The van der Waals surface area contributed by atoms with Crippen molar-refractivity contribution in [3.05, 3.63) is 52.8 Å². The highest BCUT2D eigenvalue weighted by molar-refractivity contribution is 5.77. The van der Waals surface area contributed by atoms with E-state index in [9.17, 15) is 0 Å². The molecule has 1 aliphatic carbocycles. The van der Waals surface area contributed by atoms with Crippen molar-refractivity contribution in [2.75, 3.05) is 0 Å². The van der Waals surface area contributed by atoms with Crippen LogP contribution in [-0.2, 0) is 12.5 Å². The molecule has 0 amide bonds. The smallest absolute Gasteiger partial charge is 0.425 e. The van der Waals surface area contributed by atoms with Crippen LogP contribution in [0.5, 0.6) is 5.75 Å². The molecule has 4 rings (SSSR count). The number of rotatable bonds is 10. The van der Waals surface area contributed by atoms with E-state index in [1.165, 1.54) is 51.4 Å². The van der Waals surface area contributed by atoms with E-state index in [2.05, 4.69) is 6.92 Å². The van der Waals surface area contributed by atoms with Gasteiger partial charge in [-0.3, -0.25) is 0 Å². The number of benzene rings is 2. The van der Waals surface area contributed by atoms with Gasteiger partial charge in [-0.05, 0) is 73.1 Å². The Bertz CT molecular complexity index is 960. The summed E-state index contributed by atoms with van der Waals surface area (Å²) >= 11 is 0. The van der Waals surface area contributed by atoms with E-state index in [0.29, 0.717) is 29.0 Å². The van der Waals surface area contributed by atoms with Crippen molar-refractivity contribution in [1.29, 1.82) is 0 Å². The molecule has 1 saturated carbocycles. The van der Waals surface area contributed by atoms with Crippen molar-refractivity contribution >= 4 is 0 Å². The predicted octanol–water partition coefficient (Wildman–Crippen LogP) is 9.91. The summed E-state index contributed by atoms with van der Waals surface area (Å²) in [5, 5.41) is 0. The number of unbranched alkanes of at least 4 members (excludes halogenated alkanes) is 5. The van der Waals surface area contributed by atoms with Gasteiger partial charge in [0.25, 0.3) is 0 Å². The van der Waals surface area contributed by atoms with E-state index in [4.69, 9.17) is 4.74 Å². The van der Waals surface area contributed by atoms with E-state index in [0.717, 1.165) is 37.2 Å². The molecule has 0 radical (unpaired) electrons. The third kappa shape index (κ3) is 5.47. The van der Waals surface area contributed by atoms with Crippen LogP contribution in [-0.4, -0.2) is 0 Å². The summed E-state index contributed by atoms with van der Waals surface area (Å²) in [4.78, 5) is 0. The molecule has 0 unspecified atom stereocenters. The van der Waals surface area contributed by atoms with Gasteiger partial charge in [-0.15, -0.1) is 0 Å². The van der Waals surface area contributed by atoms with Crippen LogP contribution in [0.25, 0.3) is 11.1 Å². The highest BCUT2D eigenvalue weighted by atomic mass is 19.3. The largest absolute Gasteiger partial charge is 0.427 e. The highest BCUT2D eigenvalue weighted by Gasteiger charge is 2.44. The van der Waals surface area contributed by atoms with Crippen LogP contribution in [0.15, 0.2) is 30.3 Å². The first-order valence-corrected chi connectivity index (χ1v) is 13.5. The molecule has 2 aromatic rings. The fourth-order valence-corrected chi connectivity index (χ4v) is 5.76. The number of alkyl halides is 2. The number of hydrogen-bond acceptors (Lipinski definition) is 1. The van der Waals surface area contributed by atoms with Gasteiger partial charge in [0.05, 0.1) is 5.56 Å². The normalized spacial score (nSPS) is 21.0. The summed E-state index contributed by atoms with van der Waals surface area (Å²) in [7, 11) is 0. The monoisotopic (exact) mass is 472 g/mol. The zero-order valence-electron chi connectivity index (χ0n) is 20.8. The fraction of sp³-hybridized carbons (Fsp3) is 0.600. The minimum Gasteiger partial charge on any atom is -0.425 e. The Kier molecular flexibility index (Phi) is 8.26. The lowest BCUT2D eigenvalue weighted by Crippen LogP contribution is -2.28. The van der Waals surface area contributed by atoms with Gasteiger partial charge in [-0.25, -0.2) is 4.39 Å². The molecule has 1 aliphatic heterocycles. The summed E-state index contributed by atoms with van der Waals surface area (Å²) in [5.41, 5.74) is 2.09. The average Bonchev–Trinajstić information content (AvgIpc) is 2.84. The van der Waals surface area contributed by atoms with Crippen LogP contribution in [0.4, 0.5) is 13.2 Å². The van der Waals surface area contributed by atoms with Gasteiger partial charge < -0.3 is 4.74 Å². The third-order valence-electron chi connectivity index (χ3n) is 7.89. The molecule has 2 aromatic carbocycles. The molecule has 34 heavy (non-hydrogen) atoms. The predicted molar refractivity (Wildman–Crippen MR) is 133 cm³/mol. The molecule has 4 heteroatoms. The first-order chi connectivity index (χ1) is 16.4. The number of fused-ring (bicyclic) bond motifs is 3. The van der Waals surface area contributed by atoms with Crippen molar-refractivity contribution in [3.63, 3.8) is 0 Å². The number of halogens is 3. The Morgan fingerprint density at radius 3 is 2.29 bits per heavy atom. The number of aryl methyl sites for hydroxylation is 1.